The summed E-state index contributed by atoms with van der Waals surface area (Å²) >= 11 is 0. The summed E-state index contributed by atoms with van der Waals surface area (Å²) in [4.78, 5) is 50.8. The Bertz CT molecular complexity index is 943. The molecule has 0 radical (unpaired) electrons. The molecule has 1 aliphatic rings. The van der Waals surface area contributed by atoms with Gasteiger partial charge in [0.2, 0.25) is 12.0 Å². The number of esters is 1. The van der Waals surface area contributed by atoms with Crippen molar-refractivity contribution in [1.82, 2.24) is 10.6 Å². The molecule has 0 aliphatic carbocycles. The maximum absolute atomic E-state index is 12.8. The van der Waals surface area contributed by atoms with E-state index in [1.54, 1.807) is 30.3 Å². The number of nitrogens with zero attached hydrogens (tertiary/aromatic N) is 1. The molecule has 0 aromatic heterocycles. The summed E-state index contributed by atoms with van der Waals surface area (Å²) in [5.74, 6) is -2.34. The molecule has 2 atom stereocenters. The van der Waals surface area contributed by atoms with Crippen LogP contribution < -0.4 is 15.5 Å². The van der Waals surface area contributed by atoms with E-state index in [9.17, 15) is 19.2 Å². The average Bonchev–Trinajstić information content (AvgIpc) is 3.14. The van der Waals surface area contributed by atoms with E-state index in [-0.39, 0.29) is 18.9 Å². The summed E-state index contributed by atoms with van der Waals surface area (Å²) in [6, 6.07) is 15.1. The number of ether oxygens (including phenoxy) is 1. The van der Waals surface area contributed by atoms with Crippen LogP contribution in [-0.2, 0) is 19.1 Å². The molecule has 2 aromatic carbocycles. The van der Waals surface area contributed by atoms with Crippen molar-refractivity contribution in [3.63, 3.8) is 0 Å². The molecule has 0 bridgehead atoms. The molecule has 156 valence electrons. The first kappa shape index (κ1) is 21.0. The summed E-state index contributed by atoms with van der Waals surface area (Å²) in [7, 11) is 1.37. The molecule has 2 N–H and O–H groups in total. The van der Waals surface area contributed by atoms with Gasteiger partial charge in [-0.15, -0.1) is 0 Å². The van der Waals surface area contributed by atoms with Gasteiger partial charge in [-0.2, -0.15) is 0 Å². The lowest BCUT2D eigenvalue weighted by Crippen LogP contribution is -2.41. The third kappa shape index (κ3) is 4.83. The normalized spacial score (nSPS) is 16.7. The quantitative estimate of drug-likeness (QED) is 0.736. The molecule has 1 aliphatic heterocycles. The molecule has 30 heavy (non-hydrogen) atoms. The Balaban J connectivity index is 1.74. The zero-order valence-electron chi connectivity index (χ0n) is 16.8. The molecule has 2 aromatic rings. The highest BCUT2D eigenvalue weighted by molar-refractivity contribution is 6.01. The number of nitrogens with one attached hydrogen (secondary N) is 2. The van der Waals surface area contributed by atoms with Crippen molar-refractivity contribution in [3.05, 3.63) is 65.7 Å². The van der Waals surface area contributed by atoms with E-state index in [2.05, 4.69) is 10.6 Å². The minimum absolute atomic E-state index is 0.00865. The number of imide groups is 1. The highest BCUT2D eigenvalue weighted by Gasteiger charge is 2.38. The van der Waals surface area contributed by atoms with Crippen LogP contribution in [0.15, 0.2) is 54.6 Å². The summed E-state index contributed by atoms with van der Waals surface area (Å²) < 4.78 is 5.47. The summed E-state index contributed by atoms with van der Waals surface area (Å²) in [6.07, 6.45) is -1.31. The number of carbonyl (C=O) groups is 4. The van der Waals surface area contributed by atoms with Crippen LogP contribution in [0.1, 0.15) is 23.7 Å². The van der Waals surface area contributed by atoms with Crippen molar-refractivity contribution < 1.29 is 23.9 Å². The van der Waals surface area contributed by atoms with Gasteiger partial charge in [0.15, 0.2) is 0 Å². The molecule has 1 heterocycles. The maximum Gasteiger partial charge on any atom is 0.321 e. The van der Waals surface area contributed by atoms with Gasteiger partial charge in [-0.3, -0.25) is 19.7 Å². The van der Waals surface area contributed by atoms with Crippen LogP contribution in [0.5, 0.6) is 0 Å². The molecule has 3 rings (SSSR count). The third-order valence-electron chi connectivity index (χ3n) is 4.84. The lowest BCUT2D eigenvalue weighted by Gasteiger charge is -2.20. The van der Waals surface area contributed by atoms with Crippen LogP contribution >= 0.6 is 0 Å². The predicted octanol–water partition coefficient (Wildman–Crippen LogP) is 2.09. The SMILES string of the molecule is CNC(=O)NC(=O)[C@@H](OC(=O)[C@@H]1CC(=O)N(c2ccc(C)cc2)C1)c1ccccc1. The lowest BCUT2D eigenvalue weighted by molar-refractivity contribution is -0.159. The lowest BCUT2D eigenvalue weighted by atomic mass is 10.1. The second kappa shape index (κ2) is 9.21. The highest BCUT2D eigenvalue weighted by atomic mass is 16.5. The number of hydrogen-bond acceptors (Lipinski definition) is 5. The molecule has 4 amide bonds. The zero-order valence-corrected chi connectivity index (χ0v) is 16.8. The summed E-state index contributed by atoms with van der Waals surface area (Å²) in [6.45, 7) is 2.11. The Morgan fingerprint density at radius 3 is 2.37 bits per heavy atom. The molecule has 0 unspecified atom stereocenters. The molecular weight excluding hydrogens is 386 g/mol. The Kier molecular flexibility index (Phi) is 6.46. The van der Waals surface area contributed by atoms with Crippen LogP contribution in [0, 0.1) is 12.8 Å². The fourth-order valence-electron chi connectivity index (χ4n) is 3.19. The van der Waals surface area contributed by atoms with E-state index >= 15 is 0 Å². The number of rotatable bonds is 5. The highest BCUT2D eigenvalue weighted by Crippen LogP contribution is 2.28. The number of hydrogen-bond donors (Lipinski definition) is 2. The van der Waals surface area contributed by atoms with Gasteiger partial charge in [0.05, 0.1) is 5.92 Å². The monoisotopic (exact) mass is 409 g/mol. The molecule has 0 saturated carbocycles. The van der Waals surface area contributed by atoms with Gasteiger partial charge in [0, 0.05) is 31.3 Å². The Labute approximate surface area is 174 Å². The molecule has 8 heteroatoms. The van der Waals surface area contributed by atoms with Gasteiger partial charge in [-0.1, -0.05) is 48.0 Å². The standard InChI is InChI=1S/C22H23N3O5/c1-14-8-10-17(11-9-14)25-13-16(12-18(25)26)21(28)30-19(15-6-4-3-5-7-15)20(27)24-22(29)23-2/h3-11,16,19H,12-13H2,1-2H3,(H2,23,24,27,29)/t16-,19+/m1/s1. The predicted molar refractivity (Wildman–Crippen MR) is 110 cm³/mol. The topological polar surface area (TPSA) is 105 Å². The number of carbonyl (C=O) groups excluding carboxylic acids is 4. The number of anilines is 1. The van der Waals surface area contributed by atoms with E-state index in [0.717, 1.165) is 5.56 Å². The number of aryl methyl sites for hydroxylation is 1. The first-order valence-electron chi connectivity index (χ1n) is 9.54. The van der Waals surface area contributed by atoms with Crippen molar-refractivity contribution in [1.29, 1.82) is 0 Å². The summed E-state index contributed by atoms with van der Waals surface area (Å²) in [5, 5.41) is 4.41. The van der Waals surface area contributed by atoms with E-state index in [4.69, 9.17) is 4.74 Å². The van der Waals surface area contributed by atoms with Crippen molar-refractivity contribution in [2.24, 2.45) is 5.92 Å². The van der Waals surface area contributed by atoms with Crippen molar-refractivity contribution in [3.8, 4) is 0 Å². The second-order valence-corrected chi connectivity index (χ2v) is 7.04. The zero-order chi connectivity index (χ0) is 21.7. The molecule has 1 fully saturated rings. The summed E-state index contributed by atoms with van der Waals surface area (Å²) in [5.41, 5.74) is 2.19. The van der Waals surface area contributed by atoms with Crippen molar-refractivity contribution >= 4 is 29.5 Å². The van der Waals surface area contributed by atoms with E-state index in [1.807, 2.05) is 31.2 Å². The Morgan fingerprint density at radius 1 is 1.07 bits per heavy atom. The van der Waals surface area contributed by atoms with Crippen LogP contribution in [-0.4, -0.2) is 37.4 Å². The minimum atomic E-state index is -1.31. The first-order valence-corrected chi connectivity index (χ1v) is 9.54. The largest absolute Gasteiger partial charge is 0.447 e. The fourth-order valence-corrected chi connectivity index (χ4v) is 3.19. The molecular formula is C22H23N3O5. The van der Waals surface area contributed by atoms with Crippen LogP contribution in [0.25, 0.3) is 0 Å². The average molecular weight is 409 g/mol. The van der Waals surface area contributed by atoms with E-state index in [1.165, 1.54) is 11.9 Å². The molecule has 8 nitrogen and oxygen atoms in total. The Hall–Kier alpha value is -3.68. The number of urea groups is 1. The van der Waals surface area contributed by atoms with Gasteiger partial charge >= 0.3 is 12.0 Å². The second-order valence-electron chi connectivity index (χ2n) is 7.04. The molecule has 1 saturated heterocycles. The van der Waals surface area contributed by atoms with Gasteiger partial charge in [0.25, 0.3) is 5.91 Å². The van der Waals surface area contributed by atoms with Crippen molar-refractivity contribution in [2.45, 2.75) is 19.4 Å². The fraction of sp³-hybridized carbons (Fsp3) is 0.273. The maximum atomic E-state index is 12.8. The first-order chi connectivity index (χ1) is 14.4. The van der Waals surface area contributed by atoms with Crippen LogP contribution in [0.3, 0.4) is 0 Å². The van der Waals surface area contributed by atoms with Crippen LogP contribution in [0.4, 0.5) is 10.5 Å². The third-order valence-corrected chi connectivity index (χ3v) is 4.84. The Morgan fingerprint density at radius 2 is 1.73 bits per heavy atom. The number of amides is 4. The number of benzene rings is 2. The van der Waals surface area contributed by atoms with E-state index in [0.29, 0.717) is 11.3 Å². The van der Waals surface area contributed by atoms with E-state index < -0.39 is 29.9 Å². The molecule has 0 spiro atoms. The van der Waals surface area contributed by atoms with Crippen LogP contribution in [0.2, 0.25) is 0 Å². The van der Waals surface area contributed by atoms with Gasteiger partial charge in [-0.25, -0.2) is 4.79 Å². The van der Waals surface area contributed by atoms with Gasteiger partial charge < -0.3 is 15.0 Å². The minimum Gasteiger partial charge on any atom is -0.447 e. The smallest absolute Gasteiger partial charge is 0.321 e. The van der Waals surface area contributed by atoms with Crippen molar-refractivity contribution in [2.75, 3.05) is 18.5 Å². The van der Waals surface area contributed by atoms with Gasteiger partial charge in [0.1, 0.15) is 0 Å². The van der Waals surface area contributed by atoms with Gasteiger partial charge in [-0.05, 0) is 19.1 Å².